The third-order valence-corrected chi connectivity index (χ3v) is 3.13. The van der Waals surface area contributed by atoms with Crippen LogP contribution in [0.2, 0.25) is 0 Å². The van der Waals surface area contributed by atoms with Crippen LogP contribution >= 0.6 is 0 Å². The van der Waals surface area contributed by atoms with Crippen LogP contribution in [0.1, 0.15) is 32.8 Å². The second-order valence-electron chi connectivity index (χ2n) is 5.17. The summed E-state index contributed by atoms with van der Waals surface area (Å²) < 4.78 is 15.8. The lowest BCUT2D eigenvalue weighted by molar-refractivity contribution is -0.162. The van der Waals surface area contributed by atoms with Crippen molar-refractivity contribution >= 4 is 18.2 Å². The Balaban J connectivity index is 2.65. The second-order valence-corrected chi connectivity index (χ2v) is 5.17. The third kappa shape index (κ3) is 7.56. The van der Waals surface area contributed by atoms with E-state index in [1.54, 1.807) is 6.92 Å². The Morgan fingerprint density at radius 1 is 1.09 bits per heavy atom. The lowest BCUT2D eigenvalue weighted by Crippen LogP contribution is -2.36. The molecule has 0 N–H and O–H groups in total. The predicted molar refractivity (Wildman–Crippen MR) is 82.5 cm³/mol. The van der Waals surface area contributed by atoms with Crippen molar-refractivity contribution in [1.82, 2.24) is 0 Å². The van der Waals surface area contributed by atoms with Gasteiger partial charge >= 0.3 is 11.9 Å². The summed E-state index contributed by atoms with van der Waals surface area (Å²) in [6, 6.07) is 9.54. The van der Waals surface area contributed by atoms with E-state index in [2.05, 4.69) is 0 Å². The summed E-state index contributed by atoms with van der Waals surface area (Å²) in [4.78, 5) is 33.2. The van der Waals surface area contributed by atoms with Crippen LogP contribution in [-0.4, -0.2) is 36.5 Å². The minimum absolute atomic E-state index is 0.0542. The highest BCUT2D eigenvalue weighted by Crippen LogP contribution is 2.15. The van der Waals surface area contributed by atoms with Gasteiger partial charge in [0, 0.05) is 20.3 Å². The van der Waals surface area contributed by atoms with E-state index in [1.807, 2.05) is 30.3 Å². The van der Waals surface area contributed by atoms with Crippen LogP contribution in [0.15, 0.2) is 30.3 Å². The fraction of sp³-hybridized carbons (Fsp3) is 0.471. The zero-order valence-corrected chi connectivity index (χ0v) is 13.6. The van der Waals surface area contributed by atoms with Crippen LogP contribution in [-0.2, 0) is 35.2 Å². The molecule has 0 aliphatic carbocycles. The molecule has 1 rings (SSSR count). The van der Waals surface area contributed by atoms with E-state index in [9.17, 15) is 14.4 Å². The number of esters is 2. The number of carbonyl (C=O) groups excluding carboxylic acids is 3. The van der Waals surface area contributed by atoms with Gasteiger partial charge < -0.3 is 14.2 Å². The number of aldehydes is 1. The van der Waals surface area contributed by atoms with Crippen molar-refractivity contribution in [3.05, 3.63) is 35.9 Å². The molecule has 6 heteroatoms. The van der Waals surface area contributed by atoms with Gasteiger partial charge in [0.15, 0.2) is 12.4 Å². The molecule has 0 aliphatic rings. The molecule has 23 heavy (non-hydrogen) atoms. The first kappa shape index (κ1) is 18.8. The summed E-state index contributed by atoms with van der Waals surface area (Å²) in [5.41, 5.74) is 0.979. The van der Waals surface area contributed by atoms with Gasteiger partial charge in [0.1, 0.15) is 6.10 Å². The minimum Gasteiger partial charge on any atom is -0.460 e. The third-order valence-electron chi connectivity index (χ3n) is 3.13. The van der Waals surface area contributed by atoms with Crippen molar-refractivity contribution in [3.8, 4) is 0 Å². The van der Waals surface area contributed by atoms with Gasteiger partial charge in [-0.2, -0.15) is 0 Å². The fourth-order valence-electron chi connectivity index (χ4n) is 2.03. The Morgan fingerprint density at radius 2 is 1.70 bits per heavy atom. The van der Waals surface area contributed by atoms with Crippen LogP contribution in [0.5, 0.6) is 0 Å². The topological polar surface area (TPSA) is 78.9 Å². The molecule has 0 heterocycles. The maximum atomic E-state index is 11.3. The maximum Gasteiger partial charge on any atom is 0.303 e. The quantitative estimate of drug-likeness (QED) is 0.511. The molecule has 0 aliphatic heterocycles. The van der Waals surface area contributed by atoms with Gasteiger partial charge in [0.05, 0.1) is 12.7 Å². The van der Waals surface area contributed by atoms with Crippen molar-refractivity contribution in [2.45, 2.75) is 52.1 Å². The van der Waals surface area contributed by atoms with Crippen LogP contribution in [0, 0.1) is 0 Å². The first-order chi connectivity index (χ1) is 10.9. The summed E-state index contributed by atoms with van der Waals surface area (Å²) in [6.45, 7) is 4.58. The number of benzene rings is 1. The van der Waals surface area contributed by atoms with E-state index in [-0.39, 0.29) is 6.42 Å². The standard InChI is InChI=1S/C17H22O6/c1-12(21-11-15-7-5-4-6-8-15)17(23-14(3)20)9-16(10-18)22-13(2)19/h4-8,10,12,16-17H,9,11H2,1-3H3/t12-,16+,17-/m0/s1. The molecule has 0 spiro atoms. The summed E-state index contributed by atoms with van der Waals surface area (Å²) in [6.07, 6.45) is -1.55. The van der Waals surface area contributed by atoms with Crippen LogP contribution in [0.4, 0.5) is 0 Å². The van der Waals surface area contributed by atoms with Crippen molar-refractivity contribution in [1.29, 1.82) is 0 Å². The Morgan fingerprint density at radius 3 is 2.22 bits per heavy atom. The molecule has 0 unspecified atom stereocenters. The molecule has 0 saturated heterocycles. The fourth-order valence-corrected chi connectivity index (χ4v) is 2.03. The van der Waals surface area contributed by atoms with Crippen molar-refractivity contribution < 1.29 is 28.6 Å². The average Bonchev–Trinajstić information content (AvgIpc) is 2.51. The number of hydrogen-bond donors (Lipinski definition) is 0. The molecular weight excluding hydrogens is 300 g/mol. The van der Waals surface area contributed by atoms with E-state index >= 15 is 0 Å². The Labute approximate surface area is 135 Å². The molecular formula is C17H22O6. The van der Waals surface area contributed by atoms with Gasteiger partial charge in [-0.3, -0.25) is 14.4 Å². The highest BCUT2D eigenvalue weighted by molar-refractivity contribution is 5.70. The van der Waals surface area contributed by atoms with E-state index < -0.39 is 30.3 Å². The highest BCUT2D eigenvalue weighted by Gasteiger charge is 2.26. The molecule has 0 radical (unpaired) electrons. The molecule has 126 valence electrons. The summed E-state index contributed by atoms with van der Waals surface area (Å²) in [5, 5.41) is 0. The molecule has 0 saturated carbocycles. The van der Waals surface area contributed by atoms with E-state index in [0.717, 1.165) is 5.56 Å². The lowest BCUT2D eigenvalue weighted by Gasteiger charge is -2.25. The average molecular weight is 322 g/mol. The number of rotatable bonds is 9. The zero-order valence-electron chi connectivity index (χ0n) is 13.6. The van der Waals surface area contributed by atoms with Gasteiger partial charge in [-0.15, -0.1) is 0 Å². The Kier molecular flexibility index (Phi) is 7.97. The van der Waals surface area contributed by atoms with Gasteiger partial charge in [-0.1, -0.05) is 30.3 Å². The Hall–Kier alpha value is -2.21. The monoisotopic (exact) mass is 322 g/mol. The van der Waals surface area contributed by atoms with Crippen molar-refractivity contribution in [3.63, 3.8) is 0 Å². The Bertz CT molecular complexity index is 513. The maximum absolute atomic E-state index is 11.3. The number of hydrogen-bond acceptors (Lipinski definition) is 6. The van der Waals surface area contributed by atoms with E-state index in [0.29, 0.717) is 12.9 Å². The van der Waals surface area contributed by atoms with Gasteiger partial charge in [-0.05, 0) is 12.5 Å². The molecule has 0 aromatic heterocycles. The number of carbonyl (C=O) groups is 3. The molecule has 0 bridgehead atoms. The van der Waals surface area contributed by atoms with Crippen LogP contribution in [0.25, 0.3) is 0 Å². The largest absolute Gasteiger partial charge is 0.460 e. The van der Waals surface area contributed by atoms with Crippen molar-refractivity contribution in [2.75, 3.05) is 0 Å². The smallest absolute Gasteiger partial charge is 0.303 e. The second kappa shape index (κ2) is 9.74. The van der Waals surface area contributed by atoms with Gasteiger partial charge in [0.25, 0.3) is 0 Å². The molecule has 3 atom stereocenters. The molecule has 6 nitrogen and oxygen atoms in total. The summed E-state index contributed by atoms with van der Waals surface area (Å²) in [5.74, 6) is -1.06. The SMILES string of the molecule is CC(=O)O[C@@H](C[C@H](C=O)OC(C)=O)[C@H](C)OCc1ccccc1. The molecule has 1 aromatic rings. The van der Waals surface area contributed by atoms with Crippen LogP contribution < -0.4 is 0 Å². The van der Waals surface area contributed by atoms with E-state index in [4.69, 9.17) is 14.2 Å². The first-order valence-corrected chi connectivity index (χ1v) is 7.37. The van der Waals surface area contributed by atoms with Crippen molar-refractivity contribution in [2.24, 2.45) is 0 Å². The normalized spacial score (nSPS) is 14.4. The van der Waals surface area contributed by atoms with Crippen LogP contribution in [0.3, 0.4) is 0 Å². The number of ether oxygens (including phenoxy) is 3. The molecule has 0 fully saturated rings. The summed E-state index contributed by atoms with van der Waals surface area (Å²) in [7, 11) is 0. The zero-order chi connectivity index (χ0) is 17.2. The highest BCUT2D eigenvalue weighted by atomic mass is 16.6. The van der Waals surface area contributed by atoms with Gasteiger partial charge in [0.2, 0.25) is 0 Å². The predicted octanol–water partition coefficient (Wildman–Crippen LogP) is 2.04. The minimum atomic E-state index is -0.973. The van der Waals surface area contributed by atoms with Gasteiger partial charge in [-0.25, -0.2) is 0 Å². The first-order valence-electron chi connectivity index (χ1n) is 7.37. The lowest BCUT2D eigenvalue weighted by atomic mass is 10.1. The molecule has 0 amide bonds. The van der Waals surface area contributed by atoms with E-state index in [1.165, 1.54) is 13.8 Å². The summed E-state index contributed by atoms with van der Waals surface area (Å²) >= 11 is 0. The molecule has 1 aromatic carbocycles.